The standard InChI is InChI=1S/C10H14ClN3O/c11-8-5-12-9(13-6-8)14-10(7-15)3-1-2-4-10/h5-6,15H,1-4,7H2,(H,12,13,14). The van der Waals surface area contributed by atoms with Gasteiger partial charge in [0, 0.05) is 0 Å². The summed E-state index contributed by atoms with van der Waals surface area (Å²) in [6.45, 7) is 0.124. The number of aromatic nitrogens is 2. The minimum atomic E-state index is -0.228. The first-order chi connectivity index (χ1) is 7.24. The summed E-state index contributed by atoms with van der Waals surface area (Å²) in [5.74, 6) is 0.537. The van der Waals surface area contributed by atoms with Crippen molar-refractivity contribution in [2.24, 2.45) is 0 Å². The molecule has 82 valence electrons. The molecule has 2 N–H and O–H groups in total. The lowest BCUT2D eigenvalue weighted by Crippen LogP contribution is -2.39. The Kier molecular flexibility index (Phi) is 3.07. The van der Waals surface area contributed by atoms with Crippen molar-refractivity contribution in [3.8, 4) is 0 Å². The number of rotatable bonds is 3. The molecule has 0 saturated heterocycles. The molecule has 1 fully saturated rings. The highest BCUT2D eigenvalue weighted by molar-refractivity contribution is 6.30. The number of nitrogens with one attached hydrogen (secondary N) is 1. The molecule has 0 bridgehead atoms. The Balaban J connectivity index is 2.09. The molecule has 0 atom stereocenters. The molecule has 1 aliphatic rings. The first kappa shape index (κ1) is 10.6. The third kappa shape index (κ3) is 2.38. The molecule has 0 spiro atoms. The Bertz CT molecular complexity index is 322. The molecule has 1 aromatic heterocycles. The van der Waals surface area contributed by atoms with Crippen LogP contribution in [-0.2, 0) is 0 Å². The van der Waals surface area contributed by atoms with E-state index in [-0.39, 0.29) is 12.1 Å². The van der Waals surface area contributed by atoms with Crippen molar-refractivity contribution < 1.29 is 5.11 Å². The highest BCUT2D eigenvalue weighted by Crippen LogP contribution is 2.31. The summed E-state index contributed by atoms with van der Waals surface area (Å²) >= 11 is 5.69. The zero-order valence-electron chi connectivity index (χ0n) is 8.41. The van der Waals surface area contributed by atoms with Gasteiger partial charge >= 0.3 is 0 Å². The van der Waals surface area contributed by atoms with Gasteiger partial charge < -0.3 is 10.4 Å². The van der Waals surface area contributed by atoms with Crippen molar-refractivity contribution in [2.45, 2.75) is 31.2 Å². The third-order valence-electron chi connectivity index (χ3n) is 2.86. The maximum Gasteiger partial charge on any atom is 0.223 e. The molecule has 5 heteroatoms. The summed E-state index contributed by atoms with van der Waals surface area (Å²) in [5, 5.41) is 13.1. The maximum atomic E-state index is 9.39. The Morgan fingerprint density at radius 1 is 1.33 bits per heavy atom. The van der Waals surface area contributed by atoms with E-state index < -0.39 is 0 Å². The van der Waals surface area contributed by atoms with Crippen LogP contribution < -0.4 is 5.32 Å². The van der Waals surface area contributed by atoms with Gasteiger partial charge in [-0.1, -0.05) is 24.4 Å². The highest BCUT2D eigenvalue weighted by Gasteiger charge is 2.33. The predicted molar refractivity (Wildman–Crippen MR) is 58.9 cm³/mol. The molecular formula is C10H14ClN3O. The summed E-state index contributed by atoms with van der Waals surface area (Å²) in [7, 11) is 0. The van der Waals surface area contributed by atoms with Gasteiger partial charge in [0.15, 0.2) is 0 Å². The lowest BCUT2D eigenvalue weighted by atomic mass is 9.99. The Labute approximate surface area is 93.7 Å². The number of hydrogen-bond acceptors (Lipinski definition) is 4. The van der Waals surface area contributed by atoms with E-state index in [4.69, 9.17) is 11.6 Å². The molecular weight excluding hydrogens is 214 g/mol. The van der Waals surface area contributed by atoms with Crippen LogP contribution in [0.5, 0.6) is 0 Å². The smallest absolute Gasteiger partial charge is 0.223 e. The molecule has 0 radical (unpaired) electrons. The van der Waals surface area contributed by atoms with Crippen LogP contribution in [0.3, 0.4) is 0 Å². The molecule has 1 aromatic rings. The van der Waals surface area contributed by atoms with Crippen molar-refractivity contribution in [1.82, 2.24) is 9.97 Å². The second-order valence-corrected chi connectivity index (χ2v) is 4.43. The highest BCUT2D eigenvalue weighted by atomic mass is 35.5. The van der Waals surface area contributed by atoms with E-state index in [2.05, 4.69) is 15.3 Å². The van der Waals surface area contributed by atoms with E-state index in [0.29, 0.717) is 11.0 Å². The zero-order chi connectivity index (χ0) is 10.7. The molecule has 0 aliphatic heterocycles. The van der Waals surface area contributed by atoms with E-state index in [1.807, 2.05) is 0 Å². The summed E-state index contributed by atoms with van der Waals surface area (Å²) in [6.07, 6.45) is 7.32. The van der Waals surface area contributed by atoms with Gasteiger partial charge in [0.1, 0.15) is 0 Å². The summed E-state index contributed by atoms with van der Waals surface area (Å²) in [5.41, 5.74) is -0.228. The average Bonchev–Trinajstić information content (AvgIpc) is 2.71. The topological polar surface area (TPSA) is 58.0 Å². The van der Waals surface area contributed by atoms with Crippen molar-refractivity contribution in [1.29, 1.82) is 0 Å². The number of anilines is 1. The molecule has 4 nitrogen and oxygen atoms in total. The van der Waals surface area contributed by atoms with Gasteiger partial charge in [-0.15, -0.1) is 0 Å². The largest absolute Gasteiger partial charge is 0.394 e. The maximum absolute atomic E-state index is 9.39. The normalized spacial score (nSPS) is 19.1. The van der Waals surface area contributed by atoms with Crippen LogP contribution in [0.2, 0.25) is 5.02 Å². The predicted octanol–water partition coefficient (Wildman–Crippen LogP) is 1.85. The van der Waals surface area contributed by atoms with Gasteiger partial charge in [0.25, 0.3) is 0 Å². The van der Waals surface area contributed by atoms with Gasteiger partial charge in [-0.3, -0.25) is 0 Å². The Morgan fingerprint density at radius 2 is 1.93 bits per heavy atom. The molecule has 15 heavy (non-hydrogen) atoms. The van der Waals surface area contributed by atoms with Crippen LogP contribution >= 0.6 is 11.6 Å². The molecule has 0 aromatic carbocycles. The van der Waals surface area contributed by atoms with E-state index in [1.54, 1.807) is 12.4 Å². The fourth-order valence-electron chi connectivity index (χ4n) is 1.99. The van der Waals surface area contributed by atoms with Gasteiger partial charge in [-0.25, -0.2) is 9.97 Å². The molecule has 0 amide bonds. The monoisotopic (exact) mass is 227 g/mol. The second-order valence-electron chi connectivity index (χ2n) is 4.00. The summed E-state index contributed by atoms with van der Waals surface area (Å²) in [4.78, 5) is 8.14. The first-order valence-electron chi connectivity index (χ1n) is 5.11. The minimum Gasteiger partial charge on any atom is -0.394 e. The Hall–Kier alpha value is -0.870. The van der Waals surface area contributed by atoms with Crippen molar-refractivity contribution in [3.63, 3.8) is 0 Å². The Morgan fingerprint density at radius 3 is 2.47 bits per heavy atom. The van der Waals surface area contributed by atoms with Gasteiger partial charge in [-0.05, 0) is 12.8 Å². The fourth-order valence-corrected chi connectivity index (χ4v) is 2.09. The number of aliphatic hydroxyl groups is 1. The summed E-state index contributed by atoms with van der Waals surface area (Å²) < 4.78 is 0. The lowest BCUT2D eigenvalue weighted by Gasteiger charge is -2.27. The van der Waals surface area contributed by atoms with Crippen LogP contribution in [0.1, 0.15) is 25.7 Å². The average molecular weight is 228 g/mol. The second kappa shape index (κ2) is 4.33. The van der Waals surface area contributed by atoms with Crippen molar-refractivity contribution >= 4 is 17.5 Å². The SMILES string of the molecule is OCC1(Nc2ncc(Cl)cn2)CCCC1. The molecule has 1 saturated carbocycles. The van der Waals surface area contributed by atoms with E-state index in [1.165, 1.54) is 0 Å². The molecule has 1 heterocycles. The van der Waals surface area contributed by atoms with Crippen LogP contribution in [0.4, 0.5) is 5.95 Å². The molecule has 1 aliphatic carbocycles. The zero-order valence-corrected chi connectivity index (χ0v) is 9.17. The third-order valence-corrected chi connectivity index (χ3v) is 3.06. The van der Waals surface area contributed by atoms with E-state index in [0.717, 1.165) is 25.7 Å². The van der Waals surface area contributed by atoms with Crippen molar-refractivity contribution in [2.75, 3.05) is 11.9 Å². The van der Waals surface area contributed by atoms with E-state index >= 15 is 0 Å². The number of halogens is 1. The molecule has 2 rings (SSSR count). The fraction of sp³-hybridized carbons (Fsp3) is 0.600. The summed E-state index contributed by atoms with van der Waals surface area (Å²) in [6, 6.07) is 0. The van der Waals surface area contributed by atoms with E-state index in [9.17, 15) is 5.11 Å². The van der Waals surface area contributed by atoms with Crippen LogP contribution in [-0.4, -0.2) is 27.2 Å². The number of aliphatic hydroxyl groups excluding tert-OH is 1. The lowest BCUT2D eigenvalue weighted by molar-refractivity contribution is 0.213. The van der Waals surface area contributed by atoms with Crippen LogP contribution in [0, 0.1) is 0 Å². The molecule has 0 unspecified atom stereocenters. The van der Waals surface area contributed by atoms with Gasteiger partial charge in [0.05, 0.1) is 29.6 Å². The van der Waals surface area contributed by atoms with Gasteiger partial charge in [0.2, 0.25) is 5.95 Å². The van der Waals surface area contributed by atoms with Crippen LogP contribution in [0.15, 0.2) is 12.4 Å². The number of hydrogen-bond donors (Lipinski definition) is 2. The first-order valence-corrected chi connectivity index (χ1v) is 5.48. The van der Waals surface area contributed by atoms with Crippen molar-refractivity contribution in [3.05, 3.63) is 17.4 Å². The minimum absolute atomic E-state index is 0.124. The number of nitrogens with zero attached hydrogens (tertiary/aromatic N) is 2. The van der Waals surface area contributed by atoms with Crippen LogP contribution in [0.25, 0.3) is 0 Å². The van der Waals surface area contributed by atoms with Gasteiger partial charge in [-0.2, -0.15) is 0 Å². The quantitative estimate of drug-likeness (QED) is 0.828.